The van der Waals surface area contributed by atoms with Gasteiger partial charge in [0, 0.05) is 39.1 Å². The van der Waals surface area contributed by atoms with Gasteiger partial charge in [0.2, 0.25) is 17.5 Å². The molecule has 184 valence electrons. The number of nitriles is 1. The van der Waals surface area contributed by atoms with Gasteiger partial charge < -0.3 is 19.1 Å². The second-order valence-electron chi connectivity index (χ2n) is 9.09. The highest BCUT2D eigenvalue weighted by atomic mass is 16.4. The van der Waals surface area contributed by atoms with Crippen molar-refractivity contribution in [3.8, 4) is 17.7 Å². The average molecular weight is 482 g/mol. The van der Waals surface area contributed by atoms with E-state index in [1.807, 2.05) is 4.90 Å². The Labute approximate surface area is 201 Å². The molecule has 5 rings (SSSR count). The second-order valence-corrected chi connectivity index (χ2v) is 9.09. The van der Waals surface area contributed by atoms with E-state index in [0.717, 1.165) is 24.3 Å². The van der Waals surface area contributed by atoms with Crippen LogP contribution in [0.5, 0.6) is 0 Å². The van der Waals surface area contributed by atoms with E-state index in [-0.39, 0.29) is 29.8 Å². The molecule has 1 spiro atoms. The third-order valence-corrected chi connectivity index (χ3v) is 6.87. The number of hydrogen-bond donors (Lipinski definition) is 2. The van der Waals surface area contributed by atoms with Crippen molar-refractivity contribution in [1.82, 2.24) is 25.6 Å². The lowest BCUT2D eigenvalue weighted by Gasteiger charge is -2.34. The summed E-state index contributed by atoms with van der Waals surface area (Å²) in [5, 5.41) is 13.1. The number of urea groups is 1. The number of hydrazine groups is 1. The summed E-state index contributed by atoms with van der Waals surface area (Å²) in [5.41, 5.74) is 1.82. The first kappa shape index (κ1) is 22.9. The van der Waals surface area contributed by atoms with Gasteiger partial charge in [0.05, 0.1) is 6.26 Å². The number of carbonyl (C=O) groups is 3. The van der Waals surface area contributed by atoms with E-state index < -0.39 is 11.6 Å². The van der Waals surface area contributed by atoms with E-state index in [1.54, 1.807) is 12.1 Å². The van der Waals surface area contributed by atoms with Gasteiger partial charge in [-0.25, -0.2) is 4.79 Å². The predicted octanol–water partition coefficient (Wildman–Crippen LogP) is 1.60. The fourth-order valence-corrected chi connectivity index (χ4v) is 4.94. The molecule has 3 aliphatic rings. The molecule has 4 amide bonds. The predicted molar refractivity (Wildman–Crippen MR) is 122 cm³/mol. The molecule has 0 aromatic carbocycles. The third-order valence-electron chi connectivity index (χ3n) is 6.87. The van der Waals surface area contributed by atoms with Gasteiger partial charge in [-0.2, -0.15) is 15.3 Å². The second kappa shape index (κ2) is 9.42. The van der Waals surface area contributed by atoms with E-state index >= 15 is 0 Å². The maximum atomic E-state index is 12.8. The number of anilines is 1. The zero-order chi connectivity index (χ0) is 24.4. The van der Waals surface area contributed by atoms with Crippen LogP contribution in [0.1, 0.15) is 44.2 Å². The number of imide groups is 1. The van der Waals surface area contributed by atoms with Crippen LogP contribution in [0.3, 0.4) is 0 Å². The lowest BCUT2D eigenvalue weighted by molar-refractivity contribution is -0.140. The molecule has 12 nitrogen and oxygen atoms in total. The van der Waals surface area contributed by atoms with Crippen LogP contribution in [0.25, 0.3) is 11.7 Å². The van der Waals surface area contributed by atoms with Crippen molar-refractivity contribution >= 4 is 23.7 Å². The Balaban J connectivity index is 1.11. The first-order valence-electron chi connectivity index (χ1n) is 11.9. The molecule has 12 heteroatoms. The highest BCUT2D eigenvalue weighted by Gasteiger charge is 2.52. The zero-order valence-electron chi connectivity index (χ0n) is 19.3. The van der Waals surface area contributed by atoms with Crippen LogP contribution in [0, 0.1) is 11.3 Å². The maximum absolute atomic E-state index is 12.8. The van der Waals surface area contributed by atoms with Crippen LogP contribution in [0.2, 0.25) is 0 Å². The summed E-state index contributed by atoms with van der Waals surface area (Å²) in [6.07, 6.45) is 5.69. The van der Waals surface area contributed by atoms with Gasteiger partial charge in [-0.15, -0.1) is 0 Å². The first-order valence-corrected chi connectivity index (χ1v) is 11.9. The molecular formula is C23H27N7O5. The molecule has 0 unspecified atom stereocenters. The van der Waals surface area contributed by atoms with Crippen LogP contribution in [0.4, 0.5) is 10.7 Å². The van der Waals surface area contributed by atoms with Gasteiger partial charge in [-0.3, -0.25) is 19.9 Å². The van der Waals surface area contributed by atoms with Gasteiger partial charge in [-0.05, 0) is 25.0 Å². The number of hydrogen-bond acceptors (Lipinski definition) is 9. The van der Waals surface area contributed by atoms with Crippen molar-refractivity contribution in [2.75, 3.05) is 37.6 Å². The topological polar surface area (TPSA) is 148 Å². The molecule has 3 fully saturated rings. The van der Waals surface area contributed by atoms with Crippen molar-refractivity contribution in [1.29, 1.82) is 5.26 Å². The molecule has 2 N–H and O–H groups in total. The number of nitrogens with one attached hydrogen (secondary N) is 2. The average Bonchev–Trinajstić information content (AvgIpc) is 3.60. The normalized spacial score (nSPS) is 20.2. The van der Waals surface area contributed by atoms with Crippen LogP contribution in [-0.2, 0) is 9.59 Å². The lowest BCUT2D eigenvalue weighted by Crippen LogP contribution is -2.51. The Morgan fingerprint density at radius 3 is 2.66 bits per heavy atom. The van der Waals surface area contributed by atoms with Gasteiger partial charge >= 0.3 is 6.03 Å². The van der Waals surface area contributed by atoms with E-state index in [4.69, 9.17) is 8.83 Å². The number of aromatic nitrogens is 1. The van der Waals surface area contributed by atoms with E-state index in [2.05, 4.69) is 26.7 Å². The fourth-order valence-electron chi connectivity index (χ4n) is 4.94. The van der Waals surface area contributed by atoms with Crippen LogP contribution in [0.15, 0.2) is 27.2 Å². The molecule has 1 saturated carbocycles. The minimum absolute atomic E-state index is 0.151. The summed E-state index contributed by atoms with van der Waals surface area (Å²) in [4.78, 5) is 45.9. The maximum Gasteiger partial charge on any atom is 0.344 e. The third kappa shape index (κ3) is 4.46. The molecule has 0 atom stereocenters. The summed E-state index contributed by atoms with van der Waals surface area (Å²) in [6.45, 7) is 2.98. The lowest BCUT2D eigenvalue weighted by atomic mass is 9.82. The Bertz CT molecular complexity index is 1140. The fraction of sp³-hybridized carbons (Fsp3) is 0.522. The number of piperazine rings is 1. The van der Waals surface area contributed by atoms with Crippen molar-refractivity contribution in [3.63, 3.8) is 0 Å². The smallest absolute Gasteiger partial charge is 0.344 e. The van der Waals surface area contributed by atoms with Crippen LogP contribution in [-0.4, -0.2) is 71.0 Å². The molecule has 4 heterocycles. The summed E-state index contributed by atoms with van der Waals surface area (Å²) < 4.78 is 11.1. The van der Waals surface area contributed by atoms with Gasteiger partial charge in [-0.1, -0.05) is 19.3 Å². The van der Waals surface area contributed by atoms with Crippen molar-refractivity contribution < 1.29 is 23.2 Å². The van der Waals surface area contributed by atoms with E-state index in [9.17, 15) is 19.6 Å². The summed E-state index contributed by atoms with van der Waals surface area (Å²) in [5.74, 6) is 0.381. The minimum atomic E-state index is -0.862. The largest absolute Gasteiger partial charge is 0.459 e. The summed E-state index contributed by atoms with van der Waals surface area (Å²) in [7, 11) is 0. The monoisotopic (exact) mass is 481 g/mol. The Morgan fingerprint density at radius 2 is 1.97 bits per heavy atom. The van der Waals surface area contributed by atoms with Crippen molar-refractivity contribution in [2.24, 2.45) is 0 Å². The summed E-state index contributed by atoms with van der Waals surface area (Å²) >= 11 is 0. The first-order chi connectivity index (χ1) is 17.0. The van der Waals surface area contributed by atoms with E-state index in [1.165, 1.54) is 6.26 Å². The minimum Gasteiger partial charge on any atom is -0.459 e. The number of rotatable bonds is 6. The van der Waals surface area contributed by atoms with Crippen LogP contribution >= 0.6 is 0 Å². The van der Waals surface area contributed by atoms with E-state index in [0.29, 0.717) is 57.2 Å². The quantitative estimate of drug-likeness (QED) is 0.587. The zero-order valence-corrected chi connectivity index (χ0v) is 19.3. The molecule has 1 aliphatic carbocycles. The highest BCUT2D eigenvalue weighted by molar-refractivity contribution is 6.08. The molecule has 2 aliphatic heterocycles. The number of oxazole rings is 1. The molecule has 0 bridgehead atoms. The van der Waals surface area contributed by atoms with Crippen molar-refractivity contribution in [3.05, 3.63) is 24.1 Å². The Hall–Kier alpha value is -3.85. The molecule has 35 heavy (non-hydrogen) atoms. The SMILES string of the molecule is N#Cc1nc(-c2ccco2)oc1N1CCN(CCC(=O)NN2C(=O)NC3(CCCCC3)C2=O)CC1. The summed E-state index contributed by atoms with van der Waals surface area (Å²) in [6, 6.07) is 4.95. The molecule has 2 aromatic heterocycles. The molecule has 2 saturated heterocycles. The van der Waals surface area contributed by atoms with Gasteiger partial charge in [0.15, 0.2) is 5.76 Å². The standard InChI is InChI=1S/C23H27N7O5/c24-15-16-20(35-19(25-16)17-5-4-14-34-17)29-12-10-28(11-13-29)9-6-18(31)27-30-21(32)23(26-22(30)33)7-2-1-3-8-23/h4-5,14H,1-3,6-13H2,(H,26,33)(H,27,31). The molecular weight excluding hydrogens is 454 g/mol. The number of furan rings is 1. The molecule has 0 radical (unpaired) electrons. The Morgan fingerprint density at radius 1 is 1.20 bits per heavy atom. The van der Waals surface area contributed by atoms with Gasteiger partial charge in [0.1, 0.15) is 11.6 Å². The Kier molecular flexibility index (Phi) is 6.17. The highest BCUT2D eigenvalue weighted by Crippen LogP contribution is 2.33. The van der Waals surface area contributed by atoms with Crippen LogP contribution < -0.4 is 15.6 Å². The molecule has 2 aromatic rings. The number of amides is 4. The van der Waals surface area contributed by atoms with Crippen molar-refractivity contribution in [2.45, 2.75) is 44.1 Å². The number of carbonyl (C=O) groups excluding carboxylic acids is 3. The van der Waals surface area contributed by atoms with Gasteiger partial charge in [0.25, 0.3) is 11.8 Å². The number of nitrogens with zero attached hydrogens (tertiary/aromatic N) is 5.